The predicted molar refractivity (Wildman–Crippen MR) is 131 cm³/mol. The smallest absolute Gasteiger partial charge is 0.342 e. The fourth-order valence-electron chi connectivity index (χ4n) is 3.74. The van der Waals surface area contributed by atoms with E-state index in [0.717, 1.165) is 18.9 Å². The highest BCUT2D eigenvalue weighted by molar-refractivity contribution is 6.33. The summed E-state index contributed by atoms with van der Waals surface area (Å²) in [5.41, 5.74) is 0.364. The molecular weight excluding hydrogens is 460 g/mol. The third-order valence-corrected chi connectivity index (χ3v) is 5.57. The number of fused-ring (bicyclic) bond motifs is 1. The van der Waals surface area contributed by atoms with Crippen molar-refractivity contribution < 1.29 is 29.4 Å². The number of esters is 1. The van der Waals surface area contributed by atoms with Crippen molar-refractivity contribution in [2.75, 3.05) is 13.2 Å². The summed E-state index contributed by atoms with van der Waals surface area (Å²) in [6.07, 6.45) is 9.52. The minimum absolute atomic E-state index is 0.00806. The van der Waals surface area contributed by atoms with Crippen LogP contribution in [0.1, 0.15) is 62.9 Å². The number of benzene rings is 1. The summed E-state index contributed by atoms with van der Waals surface area (Å²) in [5.74, 6) is -1.79. The summed E-state index contributed by atoms with van der Waals surface area (Å²) in [4.78, 5) is 32.4. The third-order valence-electron chi connectivity index (χ3n) is 5.15. The number of halogens is 1. The Hall–Kier alpha value is -3.00. The first-order valence-electron chi connectivity index (χ1n) is 11.3. The first-order chi connectivity index (χ1) is 16.1. The number of carbonyl (C=O) groups is 2. The normalized spacial score (nSPS) is 16.3. The molecule has 0 aliphatic carbocycles. The number of phenolic OH excluding ortho intramolecular Hbond substituents is 2. The maximum atomic E-state index is 12.7. The fraction of sp³-hybridized carbons (Fsp3) is 0.480. The Bertz CT molecular complexity index is 961. The van der Waals surface area contributed by atoms with Gasteiger partial charge < -0.3 is 24.7 Å². The van der Waals surface area contributed by atoms with E-state index < -0.39 is 11.7 Å². The van der Waals surface area contributed by atoms with Crippen molar-refractivity contribution in [3.05, 3.63) is 46.5 Å². The number of ether oxygens (including phenoxy) is 1. The van der Waals surface area contributed by atoms with Crippen molar-refractivity contribution in [1.82, 2.24) is 4.90 Å². The molecule has 34 heavy (non-hydrogen) atoms. The second kappa shape index (κ2) is 13.0. The van der Waals surface area contributed by atoms with Gasteiger partial charge in [-0.1, -0.05) is 35.0 Å². The largest absolute Gasteiger partial charge is 0.507 e. The van der Waals surface area contributed by atoms with Gasteiger partial charge in [0.05, 0.1) is 17.3 Å². The Balaban J connectivity index is 2.38. The van der Waals surface area contributed by atoms with E-state index in [0.29, 0.717) is 12.1 Å². The first kappa shape index (κ1) is 27.2. The Morgan fingerprint density at radius 3 is 2.44 bits per heavy atom. The summed E-state index contributed by atoms with van der Waals surface area (Å²) in [5, 5.41) is 24.5. The molecule has 0 radical (unpaired) electrons. The molecular formula is C25H33ClN2O6. The summed E-state index contributed by atoms with van der Waals surface area (Å²) in [6.45, 7) is 7.58. The highest BCUT2D eigenvalue weighted by Crippen LogP contribution is 2.37. The van der Waals surface area contributed by atoms with Gasteiger partial charge in [0.25, 0.3) is 5.91 Å². The maximum absolute atomic E-state index is 12.7. The number of rotatable bonds is 5. The van der Waals surface area contributed by atoms with Crippen LogP contribution in [0.15, 0.2) is 35.5 Å². The lowest BCUT2D eigenvalue weighted by atomic mass is 9.99. The number of nitrogens with zero attached hydrogens (tertiary/aromatic N) is 2. The minimum atomic E-state index is -0.760. The Kier molecular flexibility index (Phi) is 10.4. The third kappa shape index (κ3) is 7.52. The Labute approximate surface area is 205 Å². The molecule has 1 aromatic carbocycles. The van der Waals surface area contributed by atoms with Gasteiger partial charge in [-0.15, -0.1) is 0 Å². The highest BCUT2D eigenvalue weighted by Gasteiger charge is 2.25. The quantitative estimate of drug-likeness (QED) is 0.348. The molecule has 0 spiro atoms. The molecule has 0 saturated carbocycles. The average Bonchev–Trinajstić information content (AvgIpc) is 2.74. The van der Waals surface area contributed by atoms with E-state index in [4.69, 9.17) is 21.2 Å². The van der Waals surface area contributed by atoms with E-state index in [1.165, 1.54) is 0 Å². The van der Waals surface area contributed by atoms with Crippen molar-refractivity contribution >= 4 is 29.2 Å². The zero-order valence-corrected chi connectivity index (χ0v) is 20.8. The van der Waals surface area contributed by atoms with E-state index in [2.05, 4.69) is 5.16 Å². The van der Waals surface area contributed by atoms with E-state index in [-0.39, 0.29) is 59.5 Å². The Morgan fingerprint density at radius 2 is 1.76 bits per heavy atom. The second-order valence-corrected chi connectivity index (χ2v) is 8.86. The maximum Gasteiger partial charge on any atom is 0.342 e. The molecule has 1 aromatic rings. The molecule has 1 heterocycles. The van der Waals surface area contributed by atoms with Crippen molar-refractivity contribution in [3.8, 4) is 11.5 Å². The molecule has 0 saturated heterocycles. The van der Waals surface area contributed by atoms with Gasteiger partial charge in [0, 0.05) is 24.6 Å². The van der Waals surface area contributed by atoms with Gasteiger partial charge in [0.15, 0.2) is 6.61 Å². The molecule has 0 atom stereocenters. The number of amides is 1. The summed E-state index contributed by atoms with van der Waals surface area (Å²) >= 11 is 6.30. The van der Waals surface area contributed by atoms with Gasteiger partial charge >= 0.3 is 5.97 Å². The first-order valence-corrected chi connectivity index (χ1v) is 11.7. The molecule has 186 valence electrons. The van der Waals surface area contributed by atoms with Crippen LogP contribution in [0.4, 0.5) is 0 Å². The summed E-state index contributed by atoms with van der Waals surface area (Å²) in [7, 11) is 0. The van der Waals surface area contributed by atoms with Crippen molar-refractivity contribution in [3.63, 3.8) is 0 Å². The van der Waals surface area contributed by atoms with Crippen molar-refractivity contribution in [2.45, 2.75) is 65.5 Å². The molecule has 9 heteroatoms. The van der Waals surface area contributed by atoms with Crippen LogP contribution in [0.2, 0.25) is 5.02 Å². The van der Waals surface area contributed by atoms with Crippen LogP contribution < -0.4 is 0 Å². The van der Waals surface area contributed by atoms with Crippen LogP contribution in [0.3, 0.4) is 0 Å². The van der Waals surface area contributed by atoms with Crippen molar-refractivity contribution in [2.24, 2.45) is 5.16 Å². The molecule has 8 nitrogen and oxygen atoms in total. The van der Waals surface area contributed by atoms with Gasteiger partial charge in [0.1, 0.15) is 17.1 Å². The fourth-order valence-corrected chi connectivity index (χ4v) is 3.95. The second-order valence-electron chi connectivity index (χ2n) is 8.48. The van der Waals surface area contributed by atoms with Gasteiger partial charge in [-0.3, -0.25) is 4.79 Å². The predicted octanol–water partition coefficient (Wildman–Crippen LogP) is 4.76. The van der Waals surface area contributed by atoms with Gasteiger partial charge in [-0.25, -0.2) is 4.79 Å². The summed E-state index contributed by atoms with van der Waals surface area (Å²) < 4.78 is 5.28. The molecule has 1 amide bonds. The van der Waals surface area contributed by atoms with Crippen LogP contribution in [0, 0.1) is 0 Å². The zero-order chi connectivity index (χ0) is 25.3. The minimum Gasteiger partial charge on any atom is -0.507 e. The van der Waals surface area contributed by atoms with E-state index in [9.17, 15) is 19.8 Å². The van der Waals surface area contributed by atoms with Crippen LogP contribution in [-0.2, 0) is 20.8 Å². The molecule has 2 N–H and O–H groups in total. The standard InChI is InChI=1S/C25H33ClN2O6/c1-16(2)28(17(3)4)22(31)15-34-27-18-11-9-7-5-6-8-10-12-33-25(32)23-19(13-18)24(26)21(30)14-20(23)29/h6,8-9,11,14,16-17,29-30H,5,7,10,12-13,15H2,1-4H3. The molecule has 0 unspecified atom stereocenters. The van der Waals surface area contributed by atoms with Gasteiger partial charge in [-0.05, 0) is 58.6 Å². The average molecular weight is 493 g/mol. The lowest BCUT2D eigenvalue weighted by molar-refractivity contribution is -0.139. The number of phenols is 2. The monoisotopic (exact) mass is 492 g/mol. The number of hydrogen-bond donors (Lipinski definition) is 2. The molecule has 2 rings (SSSR count). The van der Waals surface area contributed by atoms with Crippen LogP contribution in [-0.4, -0.2) is 58.0 Å². The Morgan fingerprint density at radius 1 is 1.12 bits per heavy atom. The van der Waals surface area contributed by atoms with Crippen LogP contribution in [0.5, 0.6) is 11.5 Å². The van der Waals surface area contributed by atoms with Crippen LogP contribution in [0.25, 0.3) is 0 Å². The topological polar surface area (TPSA) is 109 Å². The molecule has 0 aromatic heterocycles. The number of hydrogen-bond acceptors (Lipinski definition) is 7. The number of oxime groups is 1. The van der Waals surface area contributed by atoms with E-state index in [1.807, 2.05) is 45.9 Å². The molecule has 1 aliphatic rings. The van der Waals surface area contributed by atoms with Gasteiger partial charge in [-0.2, -0.15) is 0 Å². The van der Waals surface area contributed by atoms with Crippen LogP contribution >= 0.6 is 11.6 Å². The number of cyclic esters (lactones) is 1. The summed E-state index contributed by atoms with van der Waals surface area (Å²) in [6, 6.07) is 1.02. The van der Waals surface area contributed by atoms with E-state index in [1.54, 1.807) is 11.0 Å². The molecule has 1 aliphatic heterocycles. The molecule has 0 fully saturated rings. The number of allylic oxidation sites excluding steroid dienone is 3. The van der Waals surface area contributed by atoms with Gasteiger partial charge in [0.2, 0.25) is 0 Å². The zero-order valence-electron chi connectivity index (χ0n) is 20.1. The lowest BCUT2D eigenvalue weighted by Gasteiger charge is -2.30. The van der Waals surface area contributed by atoms with Crippen molar-refractivity contribution in [1.29, 1.82) is 0 Å². The number of aromatic hydroxyl groups is 2. The van der Waals surface area contributed by atoms with E-state index >= 15 is 0 Å². The lowest BCUT2D eigenvalue weighted by Crippen LogP contribution is -2.43. The molecule has 0 bridgehead atoms. The SMILES string of the molecule is CC(C)N(C(=O)CON=C1C=CCCC=CCCOC(=O)c2c(O)cc(O)c(Cl)c2C1)C(C)C. The highest BCUT2D eigenvalue weighted by atomic mass is 35.5. The number of carbonyl (C=O) groups excluding carboxylic acids is 2.